The molecule has 0 bridgehead atoms. The zero-order valence-electron chi connectivity index (χ0n) is 15.1. The van der Waals surface area contributed by atoms with Gasteiger partial charge in [0.2, 0.25) is 0 Å². The number of nitrogens with one attached hydrogen (secondary N) is 1. The number of rotatable bonds is 6. The Morgan fingerprint density at radius 2 is 1.31 bits per heavy atom. The summed E-state index contributed by atoms with van der Waals surface area (Å²) in [4.78, 5) is 12.7. The first-order valence-corrected chi connectivity index (χ1v) is 8.77. The van der Waals surface area contributed by atoms with Crippen LogP contribution in [0.15, 0.2) is 84.9 Å². The van der Waals surface area contributed by atoms with E-state index < -0.39 is 6.10 Å². The monoisotopic (exact) mass is 345 g/mol. The minimum absolute atomic E-state index is 0.150. The van der Waals surface area contributed by atoms with Gasteiger partial charge in [0.1, 0.15) is 5.75 Å². The lowest BCUT2D eigenvalue weighted by molar-refractivity contribution is -0.127. The first-order chi connectivity index (χ1) is 12.6. The highest BCUT2D eigenvalue weighted by Gasteiger charge is 2.21. The molecule has 0 aliphatic rings. The molecule has 0 spiro atoms. The Hall–Kier alpha value is -3.07. The van der Waals surface area contributed by atoms with Crippen molar-refractivity contribution in [2.75, 3.05) is 0 Å². The fraction of sp³-hybridized carbons (Fsp3) is 0.174. The van der Waals surface area contributed by atoms with Crippen LogP contribution >= 0.6 is 0 Å². The molecule has 3 nitrogen and oxygen atoms in total. The summed E-state index contributed by atoms with van der Waals surface area (Å²) in [6, 6.07) is 27.4. The first-order valence-electron chi connectivity index (χ1n) is 8.77. The Labute approximate surface area is 154 Å². The molecule has 0 radical (unpaired) electrons. The predicted molar refractivity (Wildman–Crippen MR) is 104 cm³/mol. The van der Waals surface area contributed by atoms with Crippen molar-refractivity contribution in [3.8, 4) is 5.75 Å². The van der Waals surface area contributed by atoms with Crippen LogP contribution in [0.25, 0.3) is 0 Å². The molecular formula is C23H23NO2. The Kier molecular flexibility index (Phi) is 5.69. The molecule has 1 unspecified atom stereocenters. The molecule has 3 aromatic carbocycles. The second-order valence-corrected chi connectivity index (χ2v) is 6.34. The maximum atomic E-state index is 12.7. The van der Waals surface area contributed by atoms with Gasteiger partial charge in [0.15, 0.2) is 6.10 Å². The van der Waals surface area contributed by atoms with Crippen molar-refractivity contribution in [2.24, 2.45) is 0 Å². The van der Waals surface area contributed by atoms with Crippen molar-refractivity contribution in [1.82, 2.24) is 5.32 Å². The van der Waals surface area contributed by atoms with Gasteiger partial charge in [-0.15, -0.1) is 0 Å². The van der Waals surface area contributed by atoms with E-state index >= 15 is 0 Å². The lowest BCUT2D eigenvalue weighted by Crippen LogP contribution is -2.39. The van der Waals surface area contributed by atoms with Crippen molar-refractivity contribution < 1.29 is 9.53 Å². The summed E-state index contributed by atoms with van der Waals surface area (Å²) in [6.45, 7) is 3.78. The number of hydrogen-bond donors (Lipinski definition) is 1. The van der Waals surface area contributed by atoms with E-state index in [0.717, 1.165) is 16.7 Å². The molecule has 3 rings (SSSR count). The quantitative estimate of drug-likeness (QED) is 0.705. The van der Waals surface area contributed by atoms with Crippen LogP contribution in [-0.2, 0) is 4.79 Å². The minimum Gasteiger partial charge on any atom is -0.481 e. The second kappa shape index (κ2) is 8.34. The summed E-state index contributed by atoms with van der Waals surface area (Å²) in [5.74, 6) is 0.539. The second-order valence-electron chi connectivity index (χ2n) is 6.34. The van der Waals surface area contributed by atoms with Crippen LogP contribution in [0.4, 0.5) is 0 Å². The highest BCUT2D eigenvalue weighted by Crippen LogP contribution is 2.22. The van der Waals surface area contributed by atoms with Crippen LogP contribution in [0, 0.1) is 6.92 Å². The largest absolute Gasteiger partial charge is 0.481 e. The zero-order valence-corrected chi connectivity index (χ0v) is 15.1. The van der Waals surface area contributed by atoms with E-state index in [2.05, 4.69) is 5.32 Å². The van der Waals surface area contributed by atoms with Crippen LogP contribution in [0.5, 0.6) is 5.75 Å². The molecule has 3 heteroatoms. The maximum absolute atomic E-state index is 12.7. The molecule has 0 aliphatic carbocycles. The molecule has 3 aromatic rings. The van der Waals surface area contributed by atoms with Gasteiger partial charge in [-0.05, 0) is 37.1 Å². The van der Waals surface area contributed by atoms with Gasteiger partial charge < -0.3 is 10.1 Å². The Balaban J connectivity index is 1.75. The molecule has 132 valence electrons. The predicted octanol–water partition coefficient (Wildman–Crippen LogP) is 4.67. The van der Waals surface area contributed by atoms with E-state index in [0.29, 0.717) is 5.75 Å². The number of amides is 1. The fourth-order valence-electron chi connectivity index (χ4n) is 2.78. The molecule has 0 fully saturated rings. The highest BCUT2D eigenvalue weighted by atomic mass is 16.5. The minimum atomic E-state index is -0.590. The molecule has 0 saturated carbocycles. The first kappa shape index (κ1) is 17.7. The smallest absolute Gasteiger partial charge is 0.261 e. The van der Waals surface area contributed by atoms with Crippen molar-refractivity contribution >= 4 is 5.91 Å². The van der Waals surface area contributed by atoms with E-state index in [1.165, 1.54) is 0 Å². The number of carbonyl (C=O) groups is 1. The standard InChI is InChI=1S/C23H23NO2/c1-17-13-15-21(16-14-17)26-18(2)23(25)24-22(19-9-5-3-6-10-19)20-11-7-4-8-12-20/h3-16,18,22H,1-2H3,(H,24,25). The average Bonchev–Trinajstić information content (AvgIpc) is 2.69. The van der Waals surface area contributed by atoms with E-state index in [4.69, 9.17) is 4.74 Å². The van der Waals surface area contributed by atoms with Crippen molar-refractivity contribution in [1.29, 1.82) is 0 Å². The summed E-state index contributed by atoms with van der Waals surface area (Å²) in [7, 11) is 0. The van der Waals surface area contributed by atoms with Gasteiger partial charge in [0.05, 0.1) is 6.04 Å². The fourth-order valence-corrected chi connectivity index (χ4v) is 2.78. The van der Waals surface area contributed by atoms with Gasteiger partial charge >= 0.3 is 0 Å². The molecular weight excluding hydrogens is 322 g/mol. The average molecular weight is 345 g/mol. The molecule has 1 N–H and O–H groups in total. The van der Waals surface area contributed by atoms with Gasteiger partial charge in [-0.25, -0.2) is 0 Å². The lowest BCUT2D eigenvalue weighted by Gasteiger charge is -2.22. The van der Waals surface area contributed by atoms with E-state index in [9.17, 15) is 4.79 Å². The summed E-state index contributed by atoms with van der Waals surface area (Å²) >= 11 is 0. The third-order valence-electron chi connectivity index (χ3n) is 4.26. The van der Waals surface area contributed by atoms with E-state index in [1.54, 1.807) is 6.92 Å². The van der Waals surface area contributed by atoms with E-state index in [-0.39, 0.29) is 11.9 Å². The maximum Gasteiger partial charge on any atom is 0.261 e. The molecule has 1 amide bonds. The highest BCUT2D eigenvalue weighted by molar-refractivity contribution is 5.81. The topological polar surface area (TPSA) is 38.3 Å². The van der Waals surface area contributed by atoms with Crippen LogP contribution in [-0.4, -0.2) is 12.0 Å². The summed E-state index contributed by atoms with van der Waals surface area (Å²) in [5.41, 5.74) is 3.23. The number of hydrogen-bond acceptors (Lipinski definition) is 2. The molecule has 0 heterocycles. The summed E-state index contributed by atoms with van der Waals surface area (Å²) in [5, 5.41) is 3.12. The van der Waals surface area contributed by atoms with E-state index in [1.807, 2.05) is 91.9 Å². The lowest BCUT2D eigenvalue weighted by atomic mass is 9.98. The SMILES string of the molecule is Cc1ccc(OC(C)C(=O)NC(c2ccccc2)c2ccccc2)cc1. The van der Waals surface area contributed by atoms with Crippen molar-refractivity contribution in [2.45, 2.75) is 26.0 Å². The third-order valence-corrected chi connectivity index (χ3v) is 4.26. The molecule has 26 heavy (non-hydrogen) atoms. The number of ether oxygens (including phenoxy) is 1. The van der Waals surface area contributed by atoms with Crippen LogP contribution in [0.1, 0.15) is 29.7 Å². The summed E-state index contributed by atoms with van der Waals surface area (Å²) < 4.78 is 5.79. The van der Waals surface area contributed by atoms with Gasteiger partial charge in [-0.2, -0.15) is 0 Å². The van der Waals surface area contributed by atoms with Crippen molar-refractivity contribution in [3.05, 3.63) is 102 Å². The molecule has 1 atom stereocenters. The van der Waals surface area contributed by atoms with Gasteiger partial charge in [-0.3, -0.25) is 4.79 Å². The number of aryl methyl sites for hydroxylation is 1. The number of benzene rings is 3. The Morgan fingerprint density at radius 3 is 1.81 bits per heavy atom. The Morgan fingerprint density at radius 1 is 0.808 bits per heavy atom. The van der Waals surface area contributed by atoms with Gasteiger partial charge in [0, 0.05) is 0 Å². The molecule has 0 aliphatic heterocycles. The van der Waals surface area contributed by atoms with Crippen LogP contribution < -0.4 is 10.1 Å². The number of carbonyl (C=O) groups excluding carboxylic acids is 1. The normalized spacial score (nSPS) is 11.8. The Bertz CT molecular complexity index is 790. The van der Waals surface area contributed by atoms with Crippen LogP contribution in [0.3, 0.4) is 0 Å². The van der Waals surface area contributed by atoms with Gasteiger partial charge in [0.25, 0.3) is 5.91 Å². The zero-order chi connectivity index (χ0) is 18.4. The molecule has 0 aromatic heterocycles. The van der Waals surface area contributed by atoms with Crippen molar-refractivity contribution in [3.63, 3.8) is 0 Å². The third kappa shape index (κ3) is 4.51. The van der Waals surface area contributed by atoms with Gasteiger partial charge in [-0.1, -0.05) is 78.4 Å². The molecule has 0 saturated heterocycles. The van der Waals surface area contributed by atoms with Crippen LogP contribution in [0.2, 0.25) is 0 Å². The summed E-state index contributed by atoms with van der Waals surface area (Å²) in [6.07, 6.45) is -0.590.